The molecule has 0 radical (unpaired) electrons. The maximum absolute atomic E-state index is 11.7. The van der Waals surface area contributed by atoms with Crippen molar-refractivity contribution >= 4 is 21.4 Å². The van der Waals surface area contributed by atoms with Crippen molar-refractivity contribution in [1.29, 1.82) is 0 Å². The van der Waals surface area contributed by atoms with Gasteiger partial charge in [0.05, 0.1) is 5.69 Å². The molecular weight excluding hydrogens is 288 g/mol. The normalized spacial score (nSPS) is 11.3. The molecule has 0 atom stereocenters. The number of nitrogen functional groups attached to an aromatic ring is 1. The highest BCUT2D eigenvalue weighted by molar-refractivity contribution is 7.89. The summed E-state index contributed by atoms with van der Waals surface area (Å²) in [5.74, 6) is 0. The van der Waals surface area contributed by atoms with Crippen LogP contribution in [0.15, 0.2) is 47.5 Å². The highest BCUT2D eigenvalue weighted by atomic mass is 32.2. The predicted octanol–water partition coefficient (Wildman–Crippen LogP) is 0.990. The fourth-order valence-corrected chi connectivity index (χ4v) is 2.84. The summed E-state index contributed by atoms with van der Waals surface area (Å²) in [6, 6.07) is 10.4. The number of hydrogen-bond donors (Lipinski definition) is 2. The molecule has 112 valence electrons. The number of aromatic nitrogens is 1. The summed E-state index contributed by atoms with van der Waals surface area (Å²) >= 11 is 0. The second kappa shape index (κ2) is 6.11. The van der Waals surface area contributed by atoms with E-state index < -0.39 is 10.0 Å². The highest BCUT2D eigenvalue weighted by Gasteiger charge is 2.17. The van der Waals surface area contributed by atoms with E-state index in [1.165, 1.54) is 6.07 Å². The molecule has 6 nitrogen and oxygen atoms in total. The van der Waals surface area contributed by atoms with Gasteiger partial charge in [-0.25, -0.2) is 13.6 Å². The lowest BCUT2D eigenvalue weighted by molar-refractivity contribution is 0.597. The molecule has 0 spiro atoms. The van der Waals surface area contributed by atoms with E-state index in [2.05, 4.69) is 4.98 Å². The molecule has 0 saturated carbocycles. The molecule has 0 aliphatic heterocycles. The molecule has 1 heterocycles. The Labute approximate surface area is 124 Å². The molecule has 1 aromatic heterocycles. The first-order valence-corrected chi connectivity index (χ1v) is 7.96. The second-order valence-corrected chi connectivity index (χ2v) is 6.29. The largest absolute Gasteiger partial charge is 0.399 e. The SMILES string of the molecule is CN(CCc1ccccn1)c1ccc(N)cc1S(N)(=O)=O. The van der Waals surface area contributed by atoms with Crippen LogP contribution in [-0.2, 0) is 16.4 Å². The number of nitrogens with zero attached hydrogens (tertiary/aromatic N) is 2. The molecular formula is C14H18N4O2S. The van der Waals surface area contributed by atoms with Gasteiger partial charge in [0.15, 0.2) is 0 Å². The number of nitrogens with two attached hydrogens (primary N) is 2. The van der Waals surface area contributed by atoms with Crippen LogP contribution in [0.3, 0.4) is 0 Å². The average Bonchev–Trinajstić information content (AvgIpc) is 2.45. The zero-order chi connectivity index (χ0) is 15.5. The van der Waals surface area contributed by atoms with E-state index in [9.17, 15) is 8.42 Å². The van der Waals surface area contributed by atoms with Gasteiger partial charge in [-0.2, -0.15) is 0 Å². The summed E-state index contributed by atoms with van der Waals surface area (Å²) in [6.07, 6.45) is 2.43. The maximum Gasteiger partial charge on any atom is 0.240 e. The van der Waals surface area contributed by atoms with E-state index in [-0.39, 0.29) is 4.90 Å². The molecule has 0 bridgehead atoms. The number of benzene rings is 1. The van der Waals surface area contributed by atoms with E-state index in [4.69, 9.17) is 10.9 Å². The molecule has 21 heavy (non-hydrogen) atoms. The van der Waals surface area contributed by atoms with Crippen molar-refractivity contribution in [3.63, 3.8) is 0 Å². The van der Waals surface area contributed by atoms with Gasteiger partial charge in [-0.3, -0.25) is 4.98 Å². The lowest BCUT2D eigenvalue weighted by atomic mass is 10.2. The minimum atomic E-state index is -3.82. The van der Waals surface area contributed by atoms with Gasteiger partial charge in [-0.1, -0.05) is 6.07 Å². The Hall–Kier alpha value is -2.12. The van der Waals surface area contributed by atoms with Crippen LogP contribution in [0.2, 0.25) is 0 Å². The molecule has 4 N–H and O–H groups in total. The van der Waals surface area contributed by atoms with Crippen molar-refractivity contribution in [3.8, 4) is 0 Å². The first-order valence-electron chi connectivity index (χ1n) is 6.41. The zero-order valence-corrected chi connectivity index (χ0v) is 12.5. The molecule has 0 fully saturated rings. The van der Waals surface area contributed by atoms with Crippen molar-refractivity contribution in [3.05, 3.63) is 48.3 Å². The Kier molecular flexibility index (Phi) is 4.44. The molecule has 0 amide bonds. The van der Waals surface area contributed by atoms with Gasteiger partial charge in [-0.05, 0) is 30.3 Å². The maximum atomic E-state index is 11.7. The Morgan fingerprint density at radius 1 is 1.24 bits per heavy atom. The van der Waals surface area contributed by atoms with Gasteiger partial charge in [0, 0.05) is 37.6 Å². The Bertz CT molecular complexity index is 717. The van der Waals surface area contributed by atoms with Gasteiger partial charge in [0.1, 0.15) is 4.90 Å². The van der Waals surface area contributed by atoms with Crippen LogP contribution in [-0.4, -0.2) is 27.0 Å². The number of rotatable bonds is 5. The third-order valence-corrected chi connectivity index (χ3v) is 4.07. The molecule has 2 rings (SSSR count). The number of anilines is 2. The third kappa shape index (κ3) is 3.93. The topological polar surface area (TPSA) is 102 Å². The van der Waals surface area contributed by atoms with Crippen molar-refractivity contribution in [2.24, 2.45) is 5.14 Å². The number of sulfonamides is 1. The second-order valence-electron chi connectivity index (χ2n) is 4.76. The van der Waals surface area contributed by atoms with Crippen molar-refractivity contribution < 1.29 is 8.42 Å². The first kappa shape index (κ1) is 15.3. The van der Waals surface area contributed by atoms with E-state index in [0.717, 1.165) is 5.69 Å². The molecule has 0 aliphatic rings. The number of primary sulfonamides is 1. The van der Waals surface area contributed by atoms with E-state index in [0.29, 0.717) is 24.3 Å². The van der Waals surface area contributed by atoms with Gasteiger partial charge >= 0.3 is 0 Å². The van der Waals surface area contributed by atoms with Gasteiger partial charge in [0.25, 0.3) is 0 Å². The Morgan fingerprint density at radius 2 is 2.00 bits per heavy atom. The molecule has 0 aliphatic carbocycles. The van der Waals surface area contributed by atoms with E-state index in [1.807, 2.05) is 30.1 Å². The number of likely N-dealkylation sites (N-methyl/N-ethyl adjacent to an activating group) is 1. The number of pyridine rings is 1. The van der Waals surface area contributed by atoms with Gasteiger partial charge < -0.3 is 10.6 Å². The third-order valence-electron chi connectivity index (χ3n) is 3.13. The molecule has 0 unspecified atom stereocenters. The first-order chi connectivity index (χ1) is 9.88. The van der Waals surface area contributed by atoms with Crippen LogP contribution >= 0.6 is 0 Å². The van der Waals surface area contributed by atoms with Crippen molar-refractivity contribution in [2.75, 3.05) is 24.2 Å². The van der Waals surface area contributed by atoms with Crippen LogP contribution in [0.4, 0.5) is 11.4 Å². The van der Waals surface area contributed by atoms with Crippen LogP contribution in [0.1, 0.15) is 5.69 Å². The quantitative estimate of drug-likeness (QED) is 0.802. The molecule has 2 aromatic rings. The molecule has 1 aromatic carbocycles. The van der Waals surface area contributed by atoms with Crippen LogP contribution in [0.25, 0.3) is 0 Å². The Morgan fingerprint density at radius 3 is 2.62 bits per heavy atom. The van der Waals surface area contributed by atoms with Crippen molar-refractivity contribution in [2.45, 2.75) is 11.3 Å². The van der Waals surface area contributed by atoms with Gasteiger partial charge in [-0.15, -0.1) is 0 Å². The Balaban J connectivity index is 2.21. The fourth-order valence-electron chi connectivity index (χ4n) is 2.02. The van der Waals surface area contributed by atoms with Crippen LogP contribution in [0.5, 0.6) is 0 Å². The summed E-state index contributed by atoms with van der Waals surface area (Å²) in [6.45, 7) is 0.615. The fraction of sp³-hybridized carbons (Fsp3) is 0.214. The summed E-state index contributed by atoms with van der Waals surface area (Å²) in [4.78, 5) is 6.10. The highest BCUT2D eigenvalue weighted by Crippen LogP contribution is 2.25. The molecule has 7 heteroatoms. The number of hydrogen-bond acceptors (Lipinski definition) is 5. The van der Waals surface area contributed by atoms with Crippen LogP contribution < -0.4 is 15.8 Å². The smallest absolute Gasteiger partial charge is 0.240 e. The summed E-state index contributed by atoms with van der Waals surface area (Å²) in [5.41, 5.74) is 7.47. The van der Waals surface area contributed by atoms with E-state index >= 15 is 0 Å². The van der Waals surface area contributed by atoms with Crippen LogP contribution in [0, 0.1) is 0 Å². The summed E-state index contributed by atoms with van der Waals surface area (Å²) < 4.78 is 23.3. The standard InChI is InChI=1S/C14H18N4O2S/c1-18(9-7-12-4-2-3-8-17-12)13-6-5-11(15)10-14(13)21(16,19)20/h2-6,8,10H,7,9,15H2,1H3,(H2,16,19,20). The average molecular weight is 306 g/mol. The minimum Gasteiger partial charge on any atom is -0.399 e. The monoisotopic (exact) mass is 306 g/mol. The predicted molar refractivity (Wildman–Crippen MR) is 83.4 cm³/mol. The summed E-state index contributed by atoms with van der Waals surface area (Å²) in [5, 5.41) is 5.25. The summed E-state index contributed by atoms with van der Waals surface area (Å²) in [7, 11) is -2.01. The van der Waals surface area contributed by atoms with Gasteiger partial charge in [0.2, 0.25) is 10.0 Å². The zero-order valence-electron chi connectivity index (χ0n) is 11.7. The van der Waals surface area contributed by atoms with Crippen molar-refractivity contribution in [1.82, 2.24) is 4.98 Å². The lowest BCUT2D eigenvalue weighted by Gasteiger charge is -2.21. The van der Waals surface area contributed by atoms with E-state index in [1.54, 1.807) is 18.3 Å². The lowest BCUT2D eigenvalue weighted by Crippen LogP contribution is -2.24. The molecule has 0 saturated heterocycles. The minimum absolute atomic E-state index is 0.0334.